The van der Waals surface area contributed by atoms with Crippen LogP contribution in [0.25, 0.3) is 0 Å². The van der Waals surface area contributed by atoms with E-state index in [1.807, 2.05) is 24.3 Å². The maximum Gasteiger partial charge on any atom is 0.225 e. The van der Waals surface area contributed by atoms with Gasteiger partial charge in [-0.2, -0.15) is 0 Å². The number of benzene rings is 2. The average molecular weight is 285 g/mol. The summed E-state index contributed by atoms with van der Waals surface area (Å²) < 4.78 is 19.1. The number of para-hydroxylation sites is 2. The van der Waals surface area contributed by atoms with E-state index >= 15 is 0 Å². The Morgan fingerprint density at radius 3 is 2.81 bits per heavy atom. The highest BCUT2D eigenvalue weighted by Crippen LogP contribution is 2.35. The van der Waals surface area contributed by atoms with Gasteiger partial charge in [-0.05, 0) is 36.1 Å². The topological polar surface area (TPSA) is 38.3 Å². The van der Waals surface area contributed by atoms with E-state index in [2.05, 4.69) is 5.32 Å². The zero-order chi connectivity index (χ0) is 14.7. The summed E-state index contributed by atoms with van der Waals surface area (Å²) in [5.41, 5.74) is 1.27. The second kappa shape index (κ2) is 5.95. The molecule has 0 aliphatic carbocycles. The Labute approximate surface area is 122 Å². The molecular formula is C17H16FNO2. The zero-order valence-corrected chi connectivity index (χ0v) is 11.5. The van der Waals surface area contributed by atoms with Crippen LogP contribution in [0.15, 0.2) is 48.5 Å². The fraction of sp³-hybridized carbons (Fsp3) is 0.235. The molecule has 1 atom stereocenters. The van der Waals surface area contributed by atoms with Gasteiger partial charge in [0.05, 0.1) is 12.3 Å². The Morgan fingerprint density at radius 2 is 1.95 bits per heavy atom. The molecule has 1 heterocycles. The molecule has 0 radical (unpaired) electrons. The van der Waals surface area contributed by atoms with Gasteiger partial charge in [-0.1, -0.05) is 30.3 Å². The van der Waals surface area contributed by atoms with E-state index in [-0.39, 0.29) is 17.5 Å². The van der Waals surface area contributed by atoms with Gasteiger partial charge in [-0.3, -0.25) is 4.79 Å². The third kappa shape index (κ3) is 3.05. The first-order valence-corrected chi connectivity index (χ1v) is 7.00. The van der Waals surface area contributed by atoms with Gasteiger partial charge in [0.25, 0.3) is 0 Å². The Hall–Kier alpha value is -2.36. The summed E-state index contributed by atoms with van der Waals surface area (Å²) in [5.74, 6) is 0.356. The molecule has 1 amide bonds. The van der Waals surface area contributed by atoms with Gasteiger partial charge >= 0.3 is 0 Å². The fourth-order valence-corrected chi connectivity index (χ4v) is 2.62. The molecule has 21 heavy (non-hydrogen) atoms. The minimum atomic E-state index is -0.418. The first kappa shape index (κ1) is 13.6. The molecule has 0 aromatic heterocycles. The Morgan fingerprint density at radius 1 is 1.19 bits per heavy atom. The summed E-state index contributed by atoms with van der Waals surface area (Å²) in [4.78, 5) is 12.1. The van der Waals surface area contributed by atoms with Crippen LogP contribution < -0.4 is 10.1 Å². The predicted molar refractivity (Wildman–Crippen MR) is 78.9 cm³/mol. The van der Waals surface area contributed by atoms with E-state index in [1.165, 1.54) is 6.07 Å². The maximum absolute atomic E-state index is 13.5. The number of halogens is 1. The van der Waals surface area contributed by atoms with Crippen molar-refractivity contribution in [3.63, 3.8) is 0 Å². The highest BCUT2D eigenvalue weighted by molar-refractivity contribution is 5.91. The maximum atomic E-state index is 13.5. The van der Waals surface area contributed by atoms with Crippen LogP contribution >= 0.6 is 0 Å². The van der Waals surface area contributed by atoms with Crippen molar-refractivity contribution < 1.29 is 13.9 Å². The van der Waals surface area contributed by atoms with Gasteiger partial charge < -0.3 is 10.1 Å². The van der Waals surface area contributed by atoms with Crippen molar-refractivity contribution in [2.24, 2.45) is 0 Å². The van der Waals surface area contributed by atoms with E-state index < -0.39 is 5.82 Å². The number of hydrogen-bond acceptors (Lipinski definition) is 2. The molecule has 4 heteroatoms. The highest BCUT2D eigenvalue weighted by atomic mass is 19.1. The van der Waals surface area contributed by atoms with Crippen molar-refractivity contribution in [3.8, 4) is 5.75 Å². The van der Waals surface area contributed by atoms with Crippen molar-refractivity contribution >= 4 is 11.6 Å². The summed E-state index contributed by atoms with van der Waals surface area (Å²) >= 11 is 0. The summed E-state index contributed by atoms with van der Waals surface area (Å²) in [6.45, 7) is 0.606. The van der Waals surface area contributed by atoms with Crippen molar-refractivity contribution in [3.05, 3.63) is 59.9 Å². The van der Waals surface area contributed by atoms with Crippen LogP contribution in [0.2, 0.25) is 0 Å². The Bertz CT molecular complexity index is 657. The average Bonchev–Trinajstić information content (AvgIpc) is 2.50. The smallest absolute Gasteiger partial charge is 0.225 e. The number of anilines is 1. The van der Waals surface area contributed by atoms with Gasteiger partial charge in [0, 0.05) is 6.42 Å². The summed E-state index contributed by atoms with van der Waals surface area (Å²) in [7, 11) is 0. The van der Waals surface area contributed by atoms with Crippen molar-refractivity contribution in [1.29, 1.82) is 0 Å². The molecule has 3 rings (SSSR count). The van der Waals surface area contributed by atoms with Gasteiger partial charge in [0.1, 0.15) is 11.6 Å². The Kier molecular flexibility index (Phi) is 3.86. The van der Waals surface area contributed by atoms with Gasteiger partial charge in [0.2, 0.25) is 5.91 Å². The van der Waals surface area contributed by atoms with E-state index in [4.69, 9.17) is 4.74 Å². The fourth-order valence-electron chi connectivity index (χ4n) is 2.62. The quantitative estimate of drug-likeness (QED) is 0.933. The van der Waals surface area contributed by atoms with Crippen molar-refractivity contribution in [2.45, 2.75) is 18.8 Å². The number of nitrogens with one attached hydrogen (secondary N) is 1. The molecule has 1 aliphatic rings. The lowest BCUT2D eigenvalue weighted by Gasteiger charge is -2.25. The van der Waals surface area contributed by atoms with Crippen LogP contribution in [0, 0.1) is 5.82 Å². The summed E-state index contributed by atoms with van der Waals surface area (Å²) in [6, 6.07) is 13.9. The standard InChI is InChI=1S/C17H16FNO2/c18-14-6-2-3-7-15(14)19-17(20)11-12-9-10-21-16-8-4-1-5-13(12)16/h1-8,12H,9-11H2,(H,19,20). The van der Waals surface area contributed by atoms with Gasteiger partial charge in [-0.15, -0.1) is 0 Å². The molecular weight excluding hydrogens is 269 g/mol. The number of carbonyl (C=O) groups is 1. The Balaban J connectivity index is 1.70. The minimum Gasteiger partial charge on any atom is -0.493 e. The van der Waals surface area contributed by atoms with Gasteiger partial charge in [0.15, 0.2) is 0 Å². The summed E-state index contributed by atoms with van der Waals surface area (Å²) in [6.07, 6.45) is 1.12. The van der Waals surface area contributed by atoms with Gasteiger partial charge in [-0.25, -0.2) is 4.39 Å². The van der Waals surface area contributed by atoms with E-state index in [1.54, 1.807) is 18.2 Å². The second-order valence-corrected chi connectivity index (χ2v) is 5.10. The first-order valence-electron chi connectivity index (χ1n) is 7.00. The molecule has 1 unspecified atom stereocenters. The monoisotopic (exact) mass is 285 g/mol. The third-order valence-corrected chi connectivity index (χ3v) is 3.66. The van der Waals surface area contributed by atoms with Crippen LogP contribution in [0.3, 0.4) is 0 Å². The lowest BCUT2D eigenvalue weighted by Crippen LogP contribution is -2.21. The number of ether oxygens (including phenoxy) is 1. The van der Waals surface area contributed by atoms with E-state index in [0.717, 1.165) is 17.7 Å². The normalized spacial score (nSPS) is 16.7. The molecule has 2 aromatic rings. The number of hydrogen-bond donors (Lipinski definition) is 1. The molecule has 108 valence electrons. The van der Waals surface area contributed by atoms with Crippen molar-refractivity contribution in [2.75, 3.05) is 11.9 Å². The molecule has 0 saturated heterocycles. The number of carbonyl (C=O) groups excluding carboxylic acids is 1. The molecule has 0 bridgehead atoms. The van der Waals surface area contributed by atoms with Crippen molar-refractivity contribution in [1.82, 2.24) is 0 Å². The number of rotatable bonds is 3. The SMILES string of the molecule is O=C(CC1CCOc2ccccc21)Nc1ccccc1F. The number of amides is 1. The largest absolute Gasteiger partial charge is 0.493 e. The van der Waals surface area contributed by atoms with Crippen LogP contribution in [0.1, 0.15) is 24.3 Å². The molecule has 1 aliphatic heterocycles. The lowest BCUT2D eigenvalue weighted by molar-refractivity contribution is -0.116. The molecule has 2 aromatic carbocycles. The molecule has 0 spiro atoms. The van der Waals surface area contributed by atoms with Crippen LogP contribution in [0.5, 0.6) is 5.75 Å². The van der Waals surface area contributed by atoms with Crippen LogP contribution in [-0.4, -0.2) is 12.5 Å². The third-order valence-electron chi connectivity index (χ3n) is 3.66. The summed E-state index contributed by atoms with van der Waals surface area (Å²) in [5, 5.41) is 2.63. The van der Waals surface area contributed by atoms with E-state index in [9.17, 15) is 9.18 Å². The lowest BCUT2D eigenvalue weighted by atomic mass is 9.90. The predicted octanol–water partition coefficient (Wildman–Crippen LogP) is 3.72. The van der Waals surface area contributed by atoms with Crippen LogP contribution in [-0.2, 0) is 4.79 Å². The van der Waals surface area contributed by atoms with E-state index in [0.29, 0.717) is 13.0 Å². The first-order chi connectivity index (χ1) is 10.2. The second-order valence-electron chi connectivity index (χ2n) is 5.10. The van der Waals surface area contributed by atoms with Crippen LogP contribution in [0.4, 0.5) is 10.1 Å². The zero-order valence-electron chi connectivity index (χ0n) is 11.5. The minimum absolute atomic E-state index is 0.113. The molecule has 3 nitrogen and oxygen atoms in total. The molecule has 0 saturated carbocycles. The molecule has 1 N–H and O–H groups in total. The molecule has 0 fully saturated rings. The number of fused-ring (bicyclic) bond motifs is 1. The highest BCUT2D eigenvalue weighted by Gasteiger charge is 2.23.